The van der Waals surface area contributed by atoms with Gasteiger partial charge in [-0.1, -0.05) is 23.6 Å². The smallest absolute Gasteiger partial charge is 0.185 e. The standard InChI is InChI=1S/C12H7ClN4S/c1-2-4-8-14-9-10(13)16-11(17-12(9)15-8)7-5-3-6-18-7/h3,5-6H,1H3,(H,14,15,16,17). The van der Waals surface area contributed by atoms with Crippen molar-refractivity contribution in [3.63, 3.8) is 0 Å². The van der Waals surface area contributed by atoms with Crippen LogP contribution >= 0.6 is 22.9 Å². The predicted octanol–water partition coefficient (Wildman–Crippen LogP) is 3.11. The number of aromatic amines is 1. The molecule has 0 atom stereocenters. The topological polar surface area (TPSA) is 54.5 Å². The van der Waals surface area contributed by atoms with Gasteiger partial charge in [-0.3, -0.25) is 0 Å². The van der Waals surface area contributed by atoms with Crippen molar-refractivity contribution in [1.29, 1.82) is 0 Å². The third-order valence-corrected chi connectivity index (χ3v) is 3.42. The van der Waals surface area contributed by atoms with Crippen LogP contribution in [0.25, 0.3) is 21.9 Å². The lowest BCUT2D eigenvalue weighted by atomic mass is 10.4. The SMILES string of the molecule is CC#Cc1nc2c(Cl)nc(-c3cccs3)nc2[nH]1. The van der Waals surface area contributed by atoms with Crippen LogP contribution in [0.3, 0.4) is 0 Å². The van der Waals surface area contributed by atoms with Gasteiger partial charge in [0.15, 0.2) is 22.4 Å². The van der Waals surface area contributed by atoms with Crippen molar-refractivity contribution in [1.82, 2.24) is 19.9 Å². The highest BCUT2D eigenvalue weighted by molar-refractivity contribution is 7.13. The second-order valence-electron chi connectivity index (χ2n) is 3.47. The number of hydrogen-bond donors (Lipinski definition) is 1. The molecule has 0 saturated heterocycles. The van der Waals surface area contributed by atoms with Crippen LogP contribution in [0, 0.1) is 11.8 Å². The maximum absolute atomic E-state index is 6.12. The fourth-order valence-electron chi connectivity index (χ4n) is 1.56. The molecule has 0 aliphatic rings. The van der Waals surface area contributed by atoms with E-state index in [1.165, 1.54) is 0 Å². The van der Waals surface area contributed by atoms with E-state index in [4.69, 9.17) is 11.6 Å². The Morgan fingerprint density at radius 3 is 2.94 bits per heavy atom. The molecule has 4 nitrogen and oxygen atoms in total. The van der Waals surface area contributed by atoms with Gasteiger partial charge in [-0.2, -0.15) is 0 Å². The maximum atomic E-state index is 6.12. The second-order valence-corrected chi connectivity index (χ2v) is 4.78. The summed E-state index contributed by atoms with van der Waals surface area (Å²) in [6, 6.07) is 3.90. The minimum Gasteiger partial charge on any atom is -0.316 e. The van der Waals surface area contributed by atoms with Crippen molar-refractivity contribution in [2.24, 2.45) is 0 Å². The van der Waals surface area contributed by atoms with E-state index in [-0.39, 0.29) is 0 Å². The number of imidazole rings is 1. The van der Waals surface area contributed by atoms with Crippen LogP contribution in [0.15, 0.2) is 17.5 Å². The predicted molar refractivity (Wildman–Crippen MR) is 72.6 cm³/mol. The number of rotatable bonds is 1. The van der Waals surface area contributed by atoms with Crippen LogP contribution in [0.5, 0.6) is 0 Å². The molecule has 3 heterocycles. The molecule has 18 heavy (non-hydrogen) atoms. The molecular formula is C12H7ClN4S. The molecular weight excluding hydrogens is 268 g/mol. The van der Waals surface area contributed by atoms with Crippen molar-refractivity contribution < 1.29 is 0 Å². The Balaban J connectivity index is 2.22. The molecule has 3 rings (SSSR count). The van der Waals surface area contributed by atoms with E-state index in [9.17, 15) is 0 Å². The summed E-state index contributed by atoms with van der Waals surface area (Å²) in [4.78, 5) is 16.9. The zero-order valence-electron chi connectivity index (χ0n) is 9.36. The Morgan fingerprint density at radius 1 is 1.33 bits per heavy atom. The highest BCUT2D eigenvalue weighted by atomic mass is 35.5. The van der Waals surface area contributed by atoms with Crippen molar-refractivity contribution >= 4 is 34.1 Å². The van der Waals surface area contributed by atoms with Gasteiger partial charge in [0.2, 0.25) is 0 Å². The van der Waals surface area contributed by atoms with Gasteiger partial charge in [0, 0.05) is 0 Å². The summed E-state index contributed by atoms with van der Waals surface area (Å²) < 4.78 is 0. The number of halogens is 1. The molecule has 0 aromatic carbocycles. The summed E-state index contributed by atoms with van der Waals surface area (Å²) in [7, 11) is 0. The molecule has 0 aliphatic carbocycles. The summed E-state index contributed by atoms with van der Waals surface area (Å²) in [5.41, 5.74) is 1.16. The van der Waals surface area contributed by atoms with Gasteiger partial charge in [-0.05, 0) is 24.3 Å². The third-order valence-electron chi connectivity index (χ3n) is 2.29. The van der Waals surface area contributed by atoms with Gasteiger partial charge in [-0.15, -0.1) is 11.3 Å². The van der Waals surface area contributed by atoms with E-state index < -0.39 is 0 Å². The summed E-state index contributed by atoms with van der Waals surface area (Å²) >= 11 is 7.68. The summed E-state index contributed by atoms with van der Waals surface area (Å²) in [6.07, 6.45) is 0. The minimum absolute atomic E-state index is 0.337. The zero-order valence-corrected chi connectivity index (χ0v) is 10.9. The number of thiophene rings is 1. The van der Waals surface area contributed by atoms with Gasteiger partial charge in [0.05, 0.1) is 4.88 Å². The van der Waals surface area contributed by atoms with Gasteiger partial charge in [0.1, 0.15) is 5.52 Å². The van der Waals surface area contributed by atoms with Crippen molar-refractivity contribution in [2.45, 2.75) is 6.92 Å². The fraction of sp³-hybridized carbons (Fsp3) is 0.0833. The van der Waals surface area contributed by atoms with Crippen molar-refractivity contribution in [3.05, 3.63) is 28.5 Å². The fourth-order valence-corrected chi connectivity index (χ4v) is 2.43. The van der Waals surface area contributed by atoms with E-state index in [2.05, 4.69) is 31.8 Å². The molecule has 88 valence electrons. The lowest BCUT2D eigenvalue weighted by Gasteiger charge is -1.97. The second kappa shape index (κ2) is 4.41. The summed E-state index contributed by atoms with van der Waals surface area (Å²) in [6.45, 7) is 1.75. The van der Waals surface area contributed by atoms with Gasteiger partial charge >= 0.3 is 0 Å². The normalized spacial score (nSPS) is 10.3. The van der Waals surface area contributed by atoms with Crippen molar-refractivity contribution in [3.8, 4) is 22.5 Å². The number of H-pyrrole nitrogens is 1. The van der Waals surface area contributed by atoms with E-state index in [0.29, 0.717) is 28.0 Å². The molecule has 0 spiro atoms. The van der Waals surface area contributed by atoms with Crippen molar-refractivity contribution in [2.75, 3.05) is 0 Å². The molecule has 0 unspecified atom stereocenters. The quantitative estimate of drug-likeness (QED) is 0.548. The summed E-state index contributed by atoms with van der Waals surface area (Å²) in [5.74, 6) is 6.76. The Kier molecular flexibility index (Phi) is 2.74. The van der Waals surface area contributed by atoms with Crippen LogP contribution in [-0.2, 0) is 0 Å². The molecule has 0 radical (unpaired) electrons. The number of nitrogens with one attached hydrogen (secondary N) is 1. The lowest BCUT2D eigenvalue weighted by molar-refractivity contribution is 1.21. The molecule has 1 N–H and O–H groups in total. The third kappa shape index (κ3) is 1.86. The first-order chi connectivity index (χ1) is 8.78. The summed E-state index contributed by atoms with van der Waals surface area (Å²) in [5, 5.41) is 2.31. The molecule has 3 aromatic heterocycles. The number of nitrogens with zero attached hydrogens (tertiary/aromatic N) is 3. The van der Waals surface area contributed by atoms with Crippen LogP contribution in [0.4, 0.5) is 0 Å². The Hall–Kier alpha value is -1.90. The first-order valence-corrected chi connectivity index (χ1v) is 6.43. The Labute approximate surface area is 112 Å². The van der Waals surface area contributed by atoms with Crippen LogP contribution < -0.4 is 0 Å². The minimum atomic E-state index is 0.337. The number of fused-ring (bicyclic) bond motifs is 1. The average Bonchev–Trinajstić information content (AvgIpc) is 2.97. The first-order valence-electron chi connectivity index (χ1n) is 5.18. The van der Waals surface area contributed by atoms with Gasteiger partial charge < -0.3 is 4.98 Å². The van der Waals surface area contributed by atoms with E-state index in [0.717, 1.165) is 4.88 Å². The average molecular weight is 275 g/mol. The molecule has 0 saturated carbocycles. The van der Waals surface area contributed by atoms with E-state index in [1.54, 1.807) is 18.3 Å². The molecule has 0 bridgehead atoms. The van der Waals surface area contributed by atoms with Crippen LogP contribution in [0.1, 0.15) is 12.7 Å². The largest absolute Gasteiger partial charge is 0.316 e. The lowest BCUT2D eigenvalue weighted by Crippen LogP contribution is -1.89. The molecule has 3 aromatic rings. The molecule has 0 fully saturated rings. The molecule has 0 amide bonds. The first kappa shape index (κ1) is 11.2. The van der Waals surface area contributed by atoms with Gasteiger partial charge in [0.25, 0.3) is 0 Å². The Morgan fingerprint density at radius 2 is 2.22 bits per heavy atom. The van der Waals surface area contributed by atoms with Gasteiger partial charge in [-0.25, -0.2) is 15.0 Å². The molecule has 0 aliphatic heterocycles. The highest BCUT2D eigenvalue weighted by Crippen LogP contribution is 2.25. The van der Waals surface area contributed by atoms with Crippen LogP contribution in [0.2, 0.25) is 5.15 Å². The monoisotopic (exact) mass is 274 g/mol. The zero-order chi connectivity index (χ0) is 12.5. The van der Waals surface area contributed by atoms with Crippen LogP contribution in [-0.4, -0.2) is 19.9 Å². The number of aromatic nitrogens is 4. The Bertz CT molecular complexity index is 765. The van der Waals surface area contributed by atoms with E-state index in [1.807, 2.05) is 17.5 Å². The number of hydrogen-bond acceptors (Lipinski definition) is 4. The maximum Gasteiger partial charge on any atom is 0.185 e. The highest BCUT2D eigenvalue weighted by Gasteiger charge is 2.12. The molecule has 6 heteroatoms. The van der Waals surface area contributed by atoms with E-state index >= 15 is 0 Å².